The van der Waals surface area contributed by atoms with Gasteiger partial charge in [-0.05, 0) is 38.5 Å². The Kier molecular flexibility index (Phi) is 4.39. The fraction of sp³-hybridized carbons (Fsp3) is 0.217. The number of hydrogen-bond donors (Lipinski definition) is 0. The molecule has 142 valence electrons. The molecule has 0 radical (unpaired) electrons. The van der Waals surface area contributed by atoms with Crippen molar-refractivity contribution in [2.75, 3.05) is 0 Å². The molecule has 0 heterocycles. The van der Waals surface area contributed by atoms with E-state index in [0.717, 1.165) is 17.5 Å². The van der Waals surface area contributed by atoms with Gasteiger partial charge in [0.15, 0.2) is 0 Å². The zero-order valence-electron chi connectivity index (χ0n) is 15.7. The molecule has 0 fully saturated rings. The second-order valence-electron chi connectivity index (χ2n) is 7.35. The van der Waals surface area contributed by atoms with Crippen LogP contribution in [0.3, 0.4) is 0 Å². The quantitative estimate of drug-likeness (QED) is 0.293. The Morgan fingerprint density at radius 2 is 1.43 bits per heavy atom. The van der Waals surface area contributed by atoms with Crippen LogP contribution in [0.1, 0.15) is 43.2 Å². The first-order chi connectivity index (χ1) is 13.3. The summed E-state index contributed by atoms with van der Waals surface area (Å²) >= 11 is 6.23. The monoisotopic (exact) mass is 394 g/mol. The summed E-state index contributed by atoms with van der Waals surface area (Å²) in [4.78, 5) is 24.6. The first-order valence-corrected chi connectivity index (χ1v) is 9.38. The predicted molar refractivity (Wildman–Crippen MR) is 109 cm³/mol. The molecule has 2 aromatic rings. The van der Waals surface area contributed by atoms with Crippen molar-refractivity contribution in [2.45, 2.75) is 32.1 Å². The van der Waals surface area contributed by atoms with Crippen LogP contribution in [-0.4, -0.2) is 11.9 Å². The average molecular weight is 395 g/mol. The van der Waals surface area contributed by atoms with Gasteiger partial charge in [-0.15, -0.1) is 0 Å². The summed E-state index contributed by atoms with van der Waals surface area (Å²) in [5.74, 6) is 0.168. The van der Waals surface area contributed by atoms with Gasteiger partial charge < -0.3 is 9.47 Å². The third kappa shape index (κ3) is 2.85. The third-order valence-corrected chi connectivity index (χ3v) is 5.40. The molecule has 2 aliphatic rings. The van der Waals surface area contributed by atoms with Crippen LogP contribution < -0.4 is 9.47 Å². The minimum atomic E-state index is -0.498. The molecular formula is C23H19ClO4. The fourth-order valence-corrected chi connectivity index (χ4v) is 4.05. The maximum atomic E-state index is 12.3. The van der Waals surface area contributed by atoms with Gasteiger partial charge in [0.1, 0.15) is 11.5 Å². The van der Waals surface area contributed by atoms with Crippen LogP contribution in [0, 0.1) is 0 Å². The van der Waals surface area contributed by atoms with Crippen LogP contribution in [0.25, 0.3) is 10.8 Å². The zero-order chi connectivity index (χ0) is 20.2. The number of hydrogen-bond acceptors (Lipinski definition) is 4. The minimum Gasteiger partial charge on any atom is -0.422 e. The Labute approximate surface area is 168 Å². The van der Waals surface area contributed by atoms with Crippen LogP contribution in [0.15, 0.2) is 54.7 Å². The highest BCUT2D eigenvalue weighted by atomic mass is 35.5. The largest absolute Gasteiger partial charge is 0.422 e. The van der Waals surface area contributed by atoms with Gasteiger partial charge in [-0.25, -0.2) is 9.59 Å². The number of carbonyl (C=O) groups is 2. The Hall–Kier alpha value is -2.85. The van der Waals surface area contributed by atoms with E-state index in [1.807, 2.05) is 0 Å². The third-order valence-electron chi connectivity index (χ3n) is 5.16. The molecule has 2 aromatic carbocycles. The molecule has 2 unspecified atom stereocenters. The molecule has 2 atom stereocenters. The molecule has 2 bridgehead atoms. The predicted octanol–water partition coefficient (Wildman–Crippen LogP) is 5.60. The van der Waals surface area contributed by atoms with Crippen molar-refractivity contribution in [2.24, 2.45) is 0 Å². The first kappa shape index (κ1) is 18.5. The standard InChI is InChI=1S/C23H19ClO4/c1-11(2)22(25)27-20-16-8-7-15(24)10-17(16)21(28-23(26)12(3)4)19-14-6-5-13(9-14)18(19)20/h5-8,10,13-14H,1,3,9H2,2,4H3. The summed E-state index contributed by atoms with van der Waals surface area (Å²) in [6, 6.07) is 5.24. The molecular weight excluding hydrogens is 376 g/mol. The number of carbonyl (C=O) groups excluding carboxylic acids is 2. The molecule has 0 saturated carbocycles. The number of ether oxygens (including phenoxy) is 2. The van der Waals surface area contributed by atoms with Crippen molar-refractivity contribution in [3.63, 3.8) is 0 Å². The molecule has 0 aliphatic heterocycles. The maximum Gasteiger partial charge on any atom is 0.338 e. The average Bonchev–Trinajstić information content (AvgIpc) is 3.25. The van der Waals surface area contributed by atoms with E-state index in [1.54, 1.807) is 32.0 Å². The number of benzene rings is 2. The highest BCUT2D eigenvalue weighted by Gasteiger charge is 2.40. The lowest BCUT2D eigenvalue weighted by molar-refractivity contribution is -0.131. The van der Waals surface area contributed by atoms with Crippen molar-refractivity contribution < 1.29 is 19.1 Å². The minimum absolute atomic E-state index is 0.0959. The van der Waals surface area contributed by atoms with E-state index >= 15 is 0 Å². The summed E-state index contributed by atoms with van der Waals surface area (Å²) in [5, 5.41) is 1.80. The van der Waals surface area contributed by atoms with E-state index in [9.17, 15) is 9.59 Å². The molecule has 4 rings (SSSR count). The lowest BCUT2D eigenvalue weighted by Crippen LogP contribution is -2.14. The van der Waals surface area contributed by atoms with Crippen LogP contribution in [0.4, 0.5) is 0 Å². The second-order valence-corrected chi connectivity index (χ2v) is 7.79. The molecule has 4 nitrogen and oxygen atoms in total. The molecule has 28 heavy (non-hydrogen) atoms. The van der Waals surface area contributed by atoms with Crippen molar-refractivity contribution in [3.8, 4) is 11.5 Å². The van der Waals surface area contributed by atoms with Gasteiger partial charge in [0.2, 0.25) is 0 Å². The highest BCUT2D eigenvalue weighted by molar-refractivity contribution is 6.31. The summed E-state index contributed by atoms with van der Waals surface area (Å²) in [5.41, 5.74) is 2.38. The second kappa shape index (κ2) is 6.64. The number of allylic oxidation sites excluding steroid dienone is 2. The Balaban J connectivity index is 2.03. The van der Waals surface area contributed by atoms with Crippen LogP contribution in [0.5, 0.6) is 11.5 Å². The van der Waals surface area contributed by atoms with Gasteiger partial charge in [-0.2, -0.15) is 0 Å². The molecule has 0 spiro atoms. The Morgan fingerprint density at radius 1 is 0.929 bits per heavy atom. The van der Waals surface area contributed by atoms with Crippen LogP contribution in [-0.2, 0) is 9.59 Å². The molecule has 0 saturated heterocycles. The molecule has 0 amide bonds. The summed E-state index contributed by atoms with van der Waals surface area (Å²) in [6.07, 6.45) is 5.07. The molecule has 2 aliphatic carbocycles. The van der Waals surface area contributed by atoms with E-state index in [4.69, 9.17) is 21.1 Å². The van der Waals surface area contributed by atoms with Gasteiger partial charge in [0.25, 0.3) is 0 Å². The topological polar surface area (TPSA) is 52.6 Å². The summed E-state index contributed by atoms with van der Waals surface area (Å²) in [7, 11) is 0. The fourth-order valence-electron chi connectivity index (χ4n) is 3.88. The van der Waals surface area contributed by atoms with Crippen LogP contribution in [0.2, 0.25) is 5.02 Å². The van der Waals surface area contributed by atoms with E-state index in [2.05, 4.69) is 25.3 Å². The number of esters is 2. The lowest BCUT2D eigenvalue weighted by Gasteiger charge is -2.22. The van der Waals surface area contributed by atoms with Gasteiger partial charge >= 0.3 is 11.9 Å². The summed E-state index contributed by atoms with van der Waals surface area (Å²) in [6.45, 7) is 10.6. The van der Waals surface area contributed by atoms with Gasteiger partial charge in [-0.1, -0.05) is 36.9 Å². The van der Waals surface area contributed by atoms with Crippen molar-refractivity contribution in [1.29, 1.82) is 0 Å². The molecule has 0 N–H and O–H groups in total. The molecule has 5 heteroatoms. The van der Waals surface area contributed by atoms with Crippen molar-refractivity contribution in [3.05, 3.63) is 70.8 Å². The van der Waals surface area contributed by atoms with E-state index in [1.165, 1.54) is 0 Å². The normalized spacial score (nSPS) is 18.8. The smallest absolute Gasteiger partial charge is 0.338 e. The number of rotatable bonds is 4. The zero-order valence-corrected chi connectivity index (χ0v) is 16.4. The van der Waals surface area contributed by atoms with Crippen LogP contribution >= 0.6 is 11.6 Å². The maximum absolute atomic E-state index is 12.3. The van der Waals surface area contributed by atoms with E-state index in [-0.39, 0.29) is 11.8 Å². The lowest BCUT2D eigenvalue weighted by atomic mass is 9.90. The number of halogens is 1. The van der Waals surface area contributed by atoms with E-state index in [0.29, 0.717) is 38.4 Å². The highest BCUT2D eigenvalue weighted by Crippen LogP contribution is 2.58. The Morgan fingerprint density at radius 3 is 1.93 bits per heavy atom. The van der Waals surface area contributed by atoms with Crippen molar-refractivity contribution in [1.82, 2.24) is 0 Å². The first-order valence-electron chi connectivity index (χ1n) is 9.00. The van der Waals surface area contributed by atoms with E-state index < -0.39 is 11.9 Å². The van der Waals surface area contributed by atoms with Gasteiger partial charge in [-0.3, -0.25) is 0 Å². The molecule has 0 aromatic heterocycles. The SMILES string of the molecule is C=C(C)C(=O)Oc1c2c(c(OC(=O)C(=C)C)c3cc(Cl)ccc13)C1C=CC2C1. The Bertz CT molecular complexity index is 1110. The van der Waals surface area contributed by atoms with Crippen molar-refractivity contribution >= 4 is 34.3 Å². The van der Waals surface area contributed by atoms with Gasteiger partial charge in [0, 0.05) is 49.9 Å². The van der Waals surface area contributed by atoms with Gasteiger partial charge in [0.05, 0.1) is 0 Å². The number of fused-ring (bicyclic) bond motifs is 6. The summed E-state index contributed by atoms with van der Waals surface area (Å²) < 4.78 is 11.5.